The molecular weight excluding hydrogens is 297 g/mol. The molecule has 0 aromatic carbocycles. The molecule has 0 saturated heterocycles. The number of nitrogens with one attached hydrogen (secondary N) is 1. The number of rotatable bonds is 3. The smallest absolute Gasteiger partial charge is 0.357 e. The number of aromatic nitrogens is 3. The van der Waals surface area contributed by atoms with E-state index in [9.17, 15) is 13.2 Å². The van der Waals surface area contributed by atoms with E-state index in [-0.39, 0.29) is 11.0 Å². The molecule has 2 aromatic heterocycles. The predicted molar refractivity (Wildman–Crippen MR) is 67.6 cm³/mol. The highest BCUT2D eigenvalue weighted by Gasteiger charge is 2.33. The second kappa shape index (κ2) is 5.33. The van der Waals surface area contributed by atoms with Gasteiger partial charge in [0.25, 0.3) is 0 Å². The Morgan fingerprint density at radius 1 is 1.26 bits per heavy atom. The highest BCUT2D eigenvalue weighted by atomic mass is 32.2. The van der Waals surface area contributed by atoms with Crippen LogP contribution in [0.25, 0.3) is 0 Å². The number of anilines is 1. The maximum atomic E-state index is 12.7. The van der Waals surface area contributed by atoms with E-state index in [0.29, 0.717) is 4.34 Å². The summed E-state index contributed by atoms with van der Waals surface area (Å²) in [7, 11) is 1.47. The summed E-state index contributed by atoms with van der Waals surface area (Å²) in [5.41, 5.74) is -0.144. The van der Waals surface area contributed by atoms with Crippen LogP contribution in [-0.4, -0.2) is 22.0 Å². The summed E-state index contributed by atoms with van der Waals surface area (Å²) in [5, 5.41) is 4.55. The van der Waals surface area contributed by atoms with Gasteiger partial charge in [-0.25, -0.2) is 15.0 Å². The van der Waals surface area contributed by atoms with Crippen LogP contribution in [0.5, 0.6) is 0 Å². The molecule has 2 rings (SSSR count). The Kier molecular flexibility index (Phi) is 3.95. The zero-order valence-corrected chi connectivity index (χ0v) is 11.6. The van der Waals surface area contributed by atoms with E-state index >= 15 is 0 Å². The maximum absolute atomic E-state index is 12.7. The first-order valence-electron chi connectivity index (χ1n) is 5.12. The zero-order valence-electron chi connectivity index (χ0n) is 9.95. The molecule has 0 saturated carbocycles. The van der Waals surface area contributed by atoms with E-state index in [0.717, 1.165) is 23.5 Å². The quantitative estimate of drug-likeness (QED) is 0.880. The van der Waals surface area contributed by atoms with Gasteiger partial charge in [0.05, 0.1) is 0 Å². The molecule has 2 aromatic rings. The van der Waals surface area contributed by atoms with Gasteiger partial charge >= 0.3 is 6.18 Å². The third-order valence-electron chi connectivity index (χ3n) is 2.01. The summed E-state index contributed by atoms with van der Waals surface area (Å²) in [6.45, 7) is 1.82. The van der Waals surface area contributed by atoms with Crippen LogP contribution < -0.4 is 5.32 Å². The van der Waals surface area contributed by atoms with E-state index in [4.69, 9.17) is 0 Å². The summed E-state index contributed by atoms with van der Waals surface area (Å²) in [6, 6.07) is 0.919. The average molecular weight is 306 g/mol. The van der Waals surface area contributed by atoms with Crippen molar-refractivity contribution in [3.05, 3.63) is 22.8 Å². The molecule has 0 fully saturated rings. The van der Waals surface area contributed by atoms with Gasteiger partial charge in [0, 0.05) is 24.2 Å². The van der Waals surface area contributed by atoms with Gasteiger partial charge in [-0.1, -0.05) is 0 Å². The van der Waals surface area contributed by atoms with Crippen molar-refractivity contribution in [2.45, 2.75) is 22.5 Å². The second-order valence-corrected chi connectivity index (χ2v) is 5.65. The SMILES string of the molecule is CNc1nc(Sc2nc(C)cs2)cc(C(F)(F)F)n1. The molecule has 0 amide bonds. The van der Waals surface area contributed by atoms with E-state index < -0.39 is 11.9 Å². The molecule has 0 atom stereocenters. The van der Waals surface area contributed by atoms with Gasteiger partial charge in [0.2, 0.25) is 5.95 Å². The van der Waals surface area contributed by atoms with E-state index in [1.807, 2.05) is 12.3 Å². The summed E-state index contributed by atoms with van der Waals surface area (Å²) >= 11 is 2.45. The van der Waals surface area contributed by atoms with Crippen LogP contribution in [0, 0.1) is 6.92 Å². The molecule has 0 spiro atoms. The molecule has 0 aliphatic rings. The number of hydrogen-bond donors (Lipinski definition) is 1. The molecule has 1 N–H and O–H groups in total. The summed E-state index contributed by atoms with van der Waals surface area (Å²) in [4.78, 5) is 11.5. The number of hydrogen-bond acceptors (Lipinski definition) is 6. The van der Waals surface area contributed by atoms with Crippen molar-refractivity contribution >= 4 is 29.0 Å². The first-order chi connectivity index (χ1) is 8.88. The van der Waals surface area contributed by atoms with Crippen molar-refractivity contribution in [1.29, 1.82) is 0 Å². The van der Waals surface area contributed by atoms with Gasteiger partial charge < -0.3 is 5.32 Å². The van der Waals surface area contributed by atoms with Gasteiger partial charge in [0.15, 0.2) is 10.0 Å². The van der Waals surface area contributed by atoms with Crippen molar-refractivity contribution in [2.75, 3.05) is 12.4 Å². The van der Waals surface area contributed by atoms with Crippen LogP contribution in [0.1, 0.15) is 11.4 Å². The van der Waals surface area contributed by atoms with Crippen LogP contribution >= 0.6 is 23.1 Å². The van der Waals surface area contributed by atoms with Gasteiger partial charge in [-0.15, -0.1) is 11.3 Å². The van der Waals surface area contributed by atoms with Gasteiger partial charge in [-0.05, 0) is 18.7 Å². The summed E-state index contributed by atoms with van der Waals surface area (Å²) < 4.78 is 38.7. The Balaban J connectivity index is 2.34. The standard InChI is InChI=1S/C10H9F3N4S2/c1-5-4-18-9(15-5)19-7-3-6(10(11,12)13)16-8(14-2)17-7/h3-4H,1-2H3,(H,14,16,17). The van der Waals surface area contributed by atoms with Gasteiger partial charge in [0.1, 0.15) is 5.03 Å². The normalized spacial score (nSPS) is 11.6. The molecule has 0 aliphatic carbocycles. The van der Waals surface area contributed by atoms with Crippen LogP contribution in [0.3, 0.4) is 0 Å². The van der Waals surface area contributed by atoms with E-state index in [1.165, 1.54) is 18.4 Å². The lowest BCUT2D eigenvalue weighted by molar-refractivity contribution is -0.141. The fourth-order valence-electron chi connectivity index (χ4n) is 1.20. The number of alkyl halides is 3. The molecular formula is C10H9F3N4S2. The minimum absolute atomic E-state index is 0.0643. The van der Waals surface area contributed by atoms with Crippen LogP contribution in [0.4, 0.5) is 19.1 Å². The second-order valence-electron chi connectivity index (χ2n) is 3.52. The van der Waals surface area contributed by atoms with Gasteiger partial charge in [-0.2, -0.15) is 13.2 Å². The van der Waals surface area contributed by atoms with Crippen molar-refractivity contribution in [2.24, 2.45) is 0 Å². The first kappa shape index (κ1) is 14.1. The number of thiazole rings is 1. The molecule has 2 heterocycles. The fourth-order valence-corrected chi connectivity index (χ4v) is 2.99. The highest BCUT2D eigenvalue weighted by molar-refractivity contribution is 8.01. The molecule has 0 bridgehead atoms. The van der Waals surface area contributed by atoms with Crippen LogP contribution in [0.15, 0.2) is 20.8 Å². The van der Waals surface area contributed by atoms with Crippen LogP contribution in [-0.2, 0) is 6.18 Å². The third-order valence-corrected chi connectivity index (χ3v) is 3.98. The lowest BCUT2D eigenvalue weighted by Crippen LogP contribution is -2.11. The molecule has 0 unspecified atom stereocenters. The maximum Gasteiger partial charge on any atom is 0.433 e. The molecule has 0 radical (unpaired) electrons. The van der Waals surface area contributed by atoms with Crippen molar-refractivity contribution in [3.8, 4) is 0 Å². The monoisotopic (exact) mass is 306 g/mol. The van der Waals surface area contributed by atoms with E-state index in [1.54, 1.807) is 0 Å². The fraction of sp³-hybridized carbons (Fsp3) is 0.300. The number of nitrogens with zero attached hydrogens (tertiary/aromatic N) is 3. The largest absolute Gasteiger partial charge is 0.433 e. The molecule has 102 valence electrons. The Bertz CT molecular complexity index is 582. The minimum atomic E-state index is -4.50. The molecule has 19 heavy (non-hydrogen) atoms. The van der Waals surface area contributed by atoms with Crippen molar-refractivity contribution in [3.63, 3.8) is 0 Å². The Morgan fingerprint density at radius 3 is 2.53 bits per heavy atom. The Hall–Kier alpha value is -1.35. The predicted octanol–water partition coefficient (Wildman–Crippen LogP) is 3.45. The van der Waals surface area contributed by atoms with E-state index in [2.05, 4.69) is 20.3 Å². The lowest BCUT2D eigenvalue weighted by Gasteiger charge is -2.09. The topological polar surface area (TPSA) is 50.7 Å². The number of aryl methyl sites for hydroxylation is 1. The summed E-state index contributed by atoms with van der Waals surface area (Å²) in [5.74, 6) is -0.0643. The lowest BCUT2D eigenvalue weighted by atomic mass is 10.4. The number of halogens is 3. The van der Waals surface area contributed by atoms with Crippen molar-refractivity contribution in [1.82, 2.24) is 15.0 Å². The first-order valence-corrected chi connectivity index (χ1v) is 6.82. The molecule has 9 heteroatoms. The summed E-state index contributed by atoms with van der Waals surface area (Å²) in [6.07, 6.45) is -4.50. The minimum Gasteiger partial charge on any atom is -0.357 e. The Morgan fingerprint density at radius 2 is 2.00 bits per heavy atom. The van der Waals surface area contributed by atoms with Gasteiger partial charge in [-0.3, -0.25) is 0 Å². The average Bonchev–Trinajstić information content (AvgIpc) is 2.73. The highest BCUT2D eigenvalue weighted by Crippen LogP contribution is 2.34. The molecule has 0 aliphatic heterocycles. The zero-order chi connectivity index (χ0) is 14.0. The van der Waals surface area contributed by atoms with Crippen molar-refractivity contribution < 1.29 is 13.2 Å². The van der Waals surface area contributed by atoms with Crippen LogP contribution in [0.2, 0.25) is 0 Å². The molecule has 4 nitrogen and oxygen atoms in total. The Labute approximate surface area is 115 Å². The third kappa shape index (κ3) is 3.57.